The van der Waals surface area contributed by atoms with Gasteiger partial charge in [0.25, 0.3) is 0 Å². The molecule has 2 heteroatoms. The molecule has 2 aromatic rings. The summed E-state index contributed by atoms with van der Waals surface area (Å²) < 4.78 is 5.31. The number of aryl methyl sites for hydroxylation is 1. The number of hydrogen-bond acceptors (Lipinski definition) is 2. The van der Waals surface area contributed by atoms with Gasteiger partial charge in [0.2, 0.25) is 0 Å². The first-order valence-corrected chi connectivity index (χ1v) is 7.11. The molecule has 106 valence electrons. The molecule has 0 radical (unpaired) electrons. The molecule has 0 saturated carbocycles. The normalized spacial score (nSPS) is 19.8. The van der Waals surface area contributed by atoms with Crippen LogP contribution in [0.25, 0.3) is 5.57 Å². The van der Waals surface area contributed by atoms with Gasteiger partial charge in [0.1, 0.15) is 6.61 Å². The Kier molecular flexibility index (Phi) is 3.38. The summed E-state index contributed by atoms with van der Waals surface area (Å²) in [6.45, 7) is 3.89. The van der Waals surface area contributed by atoms with Crippen LogP contribution in [0.4, 0.5) is 0 Å². The predicted molar refractivity (Wildman–Crippen MR) is 83.9 cm³/mol. The van der Waals surface area contributed by atoms with Gasteiger partial charge < -0.3 is 4.74 Å². The summed E-state index contributed by atoms with van der Waals surface area (Å²) in [6, 6.07) is 18.7. The van der Waals surface area contributed by atoms with Crippen LogP contribution in [0.2, 0.25) is 0 Å². The zero-order valence-corrected chi connectivity index (χ0v) is 12.3. The Bertz CT molecular complexity index is 683. The van der Waals surface area contributed by atoms with Gasteiger partial charge in [0.05, 0.1) is 5.41 Å². The van der Waals surface area contributed by atoms with E-state index in [1.807, 2.05) is 18.2 Å². The summed E-state index contributed by atoms with van der Waals surface area (Å²) >= 11 is 0. The van der Waals surface area contributed by atoms with Crippen molar-refractivity contribution in [2.45, 2.75) is 19.3 Å². The third kappa shape index (κ3) is 2.62. The van der Waals surface area contributed by atoms with Crippen molar-refractivity contribution in [2.75, 3.05) is 6.61 Å². The number of rotatable bonds is 4. The monoisotopic (exact) mass is 278 g/mol. The second kappa shape index (κ2) is 5.21. The van der Waals surface area contributed by atoms with E-state index in [9.17, 15) is 4.79 Å². The summed E-state index contributed by atoms with van der Waals surface area (Å²) in [4.78, 5) is 11.2. The van der Waals surface area contributed by atoms with Crippen LogP contribution in [0.15, 0.2) is 60.7 Å². The fourth-order valence-corrected chi connectivity index (χ4v) is 2.68. The van der Waals surface area contributed by atoms with Crippen molar-refractivity contribution < 1.29 is 9.53 Å². The topological polar surface area (TPSA) is 26.3 Å². The molecular weight excluding hydrogens is 260 g/mol. The van der Waals surface area contributed by atoms with E-state index < -0.39 is 0 Å². The maximum Gasteiger partial charge on any atom is 0.302 e. The van der Waals surface area contributed by atoms with Gasteiger partial charge in [-0.2, -0.15) is 0 Å². The molecule has 1 unspecified atom stereocenters. The van der Waals surface area contributed by atoms with Gasteiger partial charge in [0.15, 0.2) is 0 Å². The van der Waals surface area contributed by atoms with E-state index in [1.165, 1.54) is 29.2 Å². The van der Waals surface area contributed by atoms with E-state index in [1.54, 1.807) is 0 Å². The molecule has 1 aliphatic rings. The first-order chi connectivity index (χ1) is 10.1. The van der Waals surface area contributed by atoms with E-state index >= 15 is 0 Å². The van der Waals surface area contributed by atoms with Crippen LogP contribution in [-0.2, 0) is 14.9 Å². The maximum atomic E-state index is 11.2. The van der Waals surface area contributed by atoms with Crippen LogP contribution >= 0.6 is 0 Å². The molecule has 0 amide bonds. The second-order valence-electron chi connectivity index (χ2n) is 5.54. The van der Waals surface area contributed by atoms with Gasteiger partial charge in [0, 0.05) is 6.92 Å². The van der Waals surface area contributed by atoms with Crippen molar-refractivity contribution in [2.24, 2.45) is 0 Å². The smallest absolute Gasteiger partial charge is 0.302 e. The van der Waals surface area contributed by atoms with Crippen molar-refractivity contribution in [3.05, 3.63) is 77.4 Å². The van der Waals surface area contributed by atoms with E-state index in [2.05, 4.69) is 49.4 Å². The number of benzene rings is 2. The second-order valence-corrected chi connectivity index (χ2v) is 5.54. The van der Waals surface area contributed by atoms with E-state index in [0.29, 0.717) is 6.61 Å². The van der Waals surface area contributed by atoms with Crippen molar-refractivity contribution in [3.8, 4) is 0 Å². The van der Waals surface area contributed by atoms with E-state index in [0.717, 1.165) is 0 Å². The van der Waals surface area contributed by atoms with Crippen LogP contribution < -0.4 is 0 Å². The highest BCUT2D eigenvalue weighted by molar-refractivity contribution is 5.91. The molecule has 0 aromatic heterocycles. The molecule has 1 atom stereocenters. The molecule has 0 heterocycles. The maximum absolute atomic E-state index is 11.2. The molecule has 2 nitrogen and oxygen atoms in total. The highest BCUT2D eigenvalue weighted by Gasteiger charge is 2.47. The molecule has 0 saturated heterocycles. The fraction of sp³-hybridized carbons (Fsp3) is 0.211. The lowest BCUT2D eigenvalue weighted by atomic mass is 9.88. The van der Waals surface area contributed by atoms with Crippen molar-refractivity contribution in [1.82, 2.24) is 0 Å². The summed E-state index contributed by atoms with van der Waals surface area (Å²) in [6.07, 6.45) is 2.19. The van der Waals surface area contributed by atoms with Crippen molar-refractivity contribution in [1.29, 1.82) is 0 Å². The molecule has 0 spiro atoms. The molecule has 0 N–H and O–H groups in total. The third-order valence-corrected chi connectivity index (χ3v) is 3.94. The molecule has 0 bridgehead atoms. The van der Waals surface area contributed by atoms with Crippen LogP contribution in [0.5, 0.6) is 0 Å². The fourth-order valence-electron chi connectivity index (χ4n) is 2.68. The number of carbonyl (C=O) groups excluding carboxylic acids is 1. The quantitative estimate of drug-likeness (QED) is 0.793. The van der Waals surface area contributed by atoms with Crippen molar-refractivity contribution in [3.63, 3.8) is 0 Å². The highest BCUT2D eigenvalue weighted by Crippen LogP contribution is 2.52. The van der Waals surface area contributed by atoms with Gasteiger partial charge in [-0.1, -0.05) is 66.2 Å². The van der Waals surface area contributed by atoms with Gasteiger partial charge in [-0.15, -0.1) is 0 Å². The zero-order chi connectivity index (χ0) is 14.9. The number of hydrogen-bond donors (Lipinski definition) is 0. The number of esters is 1. The summed E-state index contributed by atoms with van der Waals surface area (Å²) in [5.41, 5.74) is 4.55. The summed E-state index contributed by atoms with van der Waals surface area (Å²) in [5, 5.41) is 0. The zero-order valence-electron chi connectivity index (χ0n) is 12.3. The molecule has 0 aliphatic heterocycles. The Labute approximate surface area is 125 Å². The minimum Gasteiger partial charge on any atom is -0.464 e. The van der Waals surface area contributed by atoms with Gasteiger partial charge in [-0.25, -0.2) is 0 Å². The third-order valence-electron chi connectivity index (χ3n) is 3.94. The van der Waals surface area contributed by atoms with Gasteiger partial charge in [-0.05, 0) is 23.6 Å². The minimum absolute atomic E-state index is 0.241. The molecule has 1 aliphatic carbocycles. The van der Waals surface area contributed by atoms with Crippen LogP contribution in [0.3, 0.4) is 0 Å². The van der Waals surface area contributed by atoms with E-state index in [-0.39, 0.29) is 11.4 Å². The van der Waals surface area contributed by atoms with Gasteiger partial charge >= 0.3 is 5.97 Å². The van der Waals surface area contributed by atoms with Gasteiger partial charge in [-0.3, -0.25) is 4.79 Å². The molecule has 0 fully saturated rings. The lowest BCUT2D eigenvalue weighted by Gasteiger charge is -2.19. The predicted octanol–water partition coefficient (Wildman–Crippen LogP) is 3.89. The van der Waals surface area contributed by atoms with E-state index in [4.69, 9.17) is 4.74 Å². The largest absolute Gasteiger partial charge is 0.464 e. The van der Waals surface area contributed by atoms with Crippen molar-refractivity contribution >= 4 is 11.5 Å². The molecule has 21 heavy (non-hydrogen) atoms. The van der Waals surface area contributed by atoms with Crippen LogP contribution in [0.1, 0.15) is 23.6 Å². The minimum atomic E-state index is -0.263. The number of carbonyl (C=O) groups is 1. The first-order valence-electron chi connectivity index (χ1n) is 7.11. The summed E-state index contributed by atoms with van der Waals surface area (Å²) in [7, 11) is 0. The Hall–Kier alpha value is -2.35. The Morgan fingerprint density at radius 1 is 1.05 bits per heavy atom. The van der Waals surface area contributed by atoms with Crippen LogP contribution in [0, 0.1) is 6.92 Å². The Morgan fingerprint density at radius 3 is 2.33 bits per heavy atom. The average Bonchev–Trinajstić information content (AvgIpc) is 3.23. The Balaban J connectivity index is 1.92. The summed E-state index contributed by atoms with van der Waals surface area (Å²) in [5.74, 6) is -0.241. The average molecular weight is 278 g/mol. The van der Waals surface area contributed by atoms with Crippen LogP contribution in [-0.4, -0.2) is 12.6 Å². The molecule has 2 aromatic carbocycles. The lowest BCUT2D eigenvalue weighted by Crippen LogP contribution is -2.21. The molecular formula is C19H18O2. The lowest BCUT2D eigenvalue weighted by molar-refractivity contribution is -0.141. The Morgan fingerprint density at radius 2 is 1.71 bits per heavy atom. The standard InChI is InChI=1S/C19H18O2/c1-14-8-10-17(11-9-14)19(13-21-15(2)20)12-18(19)16-6-4-3-5-7-16/h3-12H,13H2,1-2H3. The number of ether oxygens (including phenoxy) is 1. The SMILES string of the molecule is CC(=O)OCC1(c2ccc(C)cc2)C=C1c1ccccc1. The first kappa shape index (κ1) is 13.6. The molecule has 3 rings (SSSR count). The highest BCUT2D eigenvalue weighted by atomic mass is 16.5.